The third kappa shape index (κ3) is 7.46. The van der Waals surface area contributed by atoms with Crippen LogP contribution in [-0.4, -0.2) is 51.8 Å². The average Bonchev–Trinajstić information content (AvgIpc) is 3.09. The molecule has 45 heavy (non-hydrogen) atoms. The van der Waals surface area contributed by atoms with Crippen LogP contribution < -0.4 is 16.2 Å². The van der Waals surface area contributed by atoms with E-state index >= 15 is 0 Å². The summed E-state index contributed by atoms with van der Waals surface area (Å²) in [5, 5.41) is 12.1. The van der Waals surface area contributed by atoms with Crippen molar-refractivity contribution in [3.63, 3.8) is 0 Å². The lowest BCUT2D eigenvalue weighted by molar-refractivity contribution is -0.121. The van der Waals surface area contributed by atoms with Crippen LogP contribution in [0.4, 0.5) is 11.4 Å². The van der Waals surface area contributed by atoms with Crippen LogP contribution in [0, 0.1) is 0 Å². The quantitative estimate of drug-likeness (QED) is 0.182. The van der Waals surface area contributed by atoms with Gasteiger partial charge in [0, 0.05) is 48.9 Å². The largest absolute Gasteiger partial charge is 0.355 e. The van der Waals surface area contributed by atoms with E-state index in [0.29, 0.717) is 30.8 Å². The average molecular weight is 601 g/mol. The highest BCUT2D eigenvalue weighted by Crippen LogP contribution is 2.28. The third-order valence-corrected chi connectivity index (χ3v) is 8.47. The summed E-state index contributed by atoms with van der Waals surface area (Å²) < 4.78 is 1.49. The zero-order valence-corrected chi connectivity index (χ0v) is 25.8. The summed E-state index contributed by atoms with van der Waals surface area (Å²) in [5.74, 6) is 0.107. The van der Waals surface area contributed by atoms with Crippen LogP contribution in [0.1, 0.15) is 38.2 Å². The van der Waals surface area contributed by atoms with E-state index in [1.807, 2.05) is 55.5 Å². The van der Waals surface area contributed by atoms with Crippen molar-refractivity contribution in [3.8, 4) is 22.4 Å². The summed E-state index contributed by atoms with van der Waals surface area (Å²) in [5.41, 5.74) is 6.87. The minimum Gasteiger partial charge on any atom is -0.355 e. The molecule has 6 rings (SSSR count). The zero-order valence-electron chi connectivity index (χ0n) is 25.8. The predicted octanol–water partition coefficient (Wildman–Crippen LogP) is 6.42. The Kier molecular flexibility index (Phi) is 9.61. The van der Waals surface area contributed by atoms with Gasteiger partial charge in [-0.3, -0.25) is 14.6 Å². The molecule has 1 amide bonds. The molecule has 2 N–H and O–H groups in total. The molecule has 5 aromatic rings. The lowest BCUT2D eigenvalue weighted by Gasteiger charge is -2.26. The number of nitrogens with zero attached hydrogens (tertiary/aromatic N) is 4. The number of hydrogen-bond donors (Lipinski definition) is 2. The van der Waals surface area contributed by atoms with E-state index in [-0.39, 0.29) is 11.5 Å². The number of amides is 1. The van der Waals surface area contributed by atoms with Gasteiger partial charge in [-0.15, -0.1) is 0 Å². The van der Waals surface area contributed by atoms with Crippen LogP contribution in [0.15, 0.2) is 95.9 Å². The molecule has 3 aromatic carbocycles. The maximum atomic E-state index is 13.3. The number of aromatic nitrogens is 3. The van der Waals surface area contributed by atoms with E-state index in [9.17, 15) is 9.59 Å². The van der Waals surface area contributed by atoms with Gasteiger partial charge in [0.15, 0.2) is 0 Å². The van der Waals surface area contributed by atoms with Crippen molar-refractivity contribution in [2.24, 2.45) is 0 Å². The Hall–Kier alpha value is -4.82. The smallest absolute Gasteiger partial charge is 0.290 e. The second kappa shape index (κ2) is 14.3. The lowest BCUT2D eigenvalue weighted by atomic mass is 9.99. The molecule has 0 saturated carbocycles. The summed E-state index contributed by atoms with van der Waals surface area (Å²) >= 11 is 0. The van der Waals surface area contributed by atoms with Crippen LogP contribution in [0.25, 0.3) is 33.3 Å². The molecule has 8 heteroatoms. The molecule has 1 fully saturated rings. The predicted molar refractivity (Wildman–Crippen MR) is 182 cm³/mol. The standard InChI is InChI=1S/C37H40N6O2/c1-2-43-37(45)35(40-33-13-7-12-32-31(33)11-8-20-38-32)26-34(41-43)30-10-6-9-29(25-30)28-17-14-27(15-18-28)16-19-36(44)39-21-24-42-22-4-3-5-23-42/h6-15,17-18,20,25-26,40H,2-5,16,19,21-24H2,1H3,(H,39,44). The van der Waals surface area contributed by atoms with Gasteiger partial charge in [0.25, 0.3) is 5.56 Å². The molecule has 0 unspecified atom stereocenters. The second-order valence-electron chi connectivity index (χ2n) is 11.6. The molecule has 0 spiro atoms. The van der Waals surface area contributed by atoms with E-state index in [1.165, 1.54) is 23.9 Å². The maximum absolute atomic E-state index is 13.3. The first-order valence-corrected chi connectivity index (χ1v) is 16.0. The molecule has 0 atom stereocenters. The monoisotopic (exact) mass is 600 g/mol. The number of benzene rings is 3. The van der Waals surface area contributed by atoms with Gasteiger partial charge in [0.1, 0.15) is 5.69 Å². The number of rotatable bonds is 11. The number of carbonyl (C=O) groups excluding carboxylic acids is 1. The Bertz CT molecular complexity index is 1820. The summed E-state index contributed by atoms with van der Waals surface area (Å²) in [7, 11) is 0. The molecule has 2 aromatic heterocycles. The Morgan fingerprint density at radius 1 is 0.844 bits per heavy atom. The highest BCUT2D eigenvalue weighted by atomic mass is 16.1. The van der Waals surface area contributed by atoms with Crippen LogP contribution in [0.3, 0.4) is 0 Å². The molecule has 230 valence electrons. The number of piperidine rings is 1. The summed E-state index contributed by atoms with van der Waals surface area (Å²) in [6.07, 6.45) is 6.81. The van der Waals surface area contributed by atoms with Crippen molar-refractivity contribution >= 4 is 28.2 Å². The Morgan fingerprint density at radius 3 is 2.47 bits per heavy atom. The highest BCUT2D eigenvalue weighted by molar-refractivity contribution is 5.93. The molecule has 0 radical (unpaired) electrons. The summed E-state index contributed by atoms with van der Waals surface area (Å²) in [6, 6.07) is 28.1. The fraction of sp³-hybridized carbons (Fsp3) is 0.297. The molecule has 0 aliphatic carbocycles. The molecular weight excluding hydrogens is 560 g/mol. The van der Waals surface area contributed by atoms with Gasteiger partial charge in [-0.25, -0.2) is 4.68 Å². The Labute approximate surface area is 264 Å². The Morgan fingerprint density at radius 2 is 1.64 bits per heavy atom. The number of anilines is 2. The lowest BCUT2D eigenvalue weighted by Crippen LogP contribution is -2.37. The number of nitrogens with one attached hydrogen (secondary N) is 2. The van der Waals surface area contributed by atoms with Crippen molar-refractivity contribution in [1.29, 1.82) is 0 Å². The van der Waals surface area contributed by atoms with E-state index in [4.69, 9.17) is 0 Å². The molecular formula is C37H40N6O2. The van der Waals surface area contributed by atoms with Crippen molar-refractivity contribution in [2.45, 2.75) is 45.6 Å². The van der Waals surface area contributed by atoms with Gasteiger partial charge >= 0.3 is 0 Å². The Balaban J connectivity index is 1.14. The number of pyridine rings is 1. The number of aryl methyl sites for hydroxylation is 2. The maximum Gasteiger partial charge on any atom is 0.290 e. The van der Waals surface area contributed by atoms with Crippen molar-refractivity contribution in [1.82, 2.24) is 25.0 Å². The van der Waals surface area contributed by atoms with Crippen molar-refractivity contribution < 1.29 is 4.79 Å². The van der Waals surface area contributed by atoms with Crippen LogP contribution in [0.5, 0.6) is 0 Å². The summed E-state index contributed by atoms with van der Waals surface area (Å²) in [6.45, 7) is 6.33. The van der Waals surface area contributed by atoms with Crippen molar-refractivity contribution in [2.75, 3.05) is 31.5 Å². The minimum atomic E-state index is -0.176. The topological polar surface area (TPSA) is 92.2 Å². The summed E-state index contributed by atoms with van der Waals surface area (Å²) in [4.78, 5) is 32.5. The molecule has 3 heterocycles. The van der Waals surface area contributed by atoms with Crippen LogP contribution in [0.2, 0.25) is 0 Å². The van der Waals surface area contributed by atoms with Gasteiger partial charge < -0.3 is 15.5 Å². The van der Waals surface area contributed by atoms with Gasteiger partial charge in [0.2, 0.25) is 5.91 Å². The normalized spacial score (nSPS) is 13.5. The molecule has 1 saturated heterocycles. The SMILES string of the molecule is CCn1nc(-c2cccc(-c3ccc(CCC(=O)NCCN4CCCCC4)cc3)c2)cc(Nc2cccc3ncccc23)c1=O. The number of fused-ring (bicyclic) bond motifs is 1. The van der Waals surface area contributed by atoms with Gasteiger partial charge in [-0.1, -0.05) is 55.0 Å². The fourth-order valence-corrected chi connectivity index (χ4v) is 5.95. The zero-order chi connectivity index (χ0) is 31.0. The molecule has 0 bridgehead atoms. The van der Waals surface area contributed by atoms with Gasteiger partial charge in [-0.2, -0.15) is 5.10 Å². The van der Waals surface area contributed by atoms with Gasteiger partial charge in [0.05, 0.1) is 11.2 Å². The van der Waals surface area contributed by atoms with E-state index < -0.39 is 0 Å². The first kappa shape index (κ1) is 30.2. The molecule has 1 aliphatic heterocycles. The first-order valence-electron chi connectivity index (χ1n) is 16.0. The third-order valence-electron chi connectivity index (χ3n) is 8.47. The van der Waals surface area contributed by atoms with Gasteiger partial charge in [-0.05, 0) is 92.4 Å². The minimum absolute atomic E-state index is 0.107. The molecule has 1 aliphatic rings. The highest BCUT2D eigenvalue weighted by Gasteiger charge is 2.13. The fourth-order valence-electron chi connectivity index (χ4n) is 5.95. The van der Waals surface area contributed by atoms with E-state index in [1.54, 1.807) is 6.20 Å². The number of likely N-dealkylation sites (tertiary alicyclic amines) is 1. The second-order valence-corrected chi connectivity index (χ2v) is 11.6. The number of carbonyl (C=O) groups is 1. The molecule has 8 nitrogen and oxygen atoms in total. The van der Waals surface area contributed by atoms with Crippen LogP contribution in [-0.2, 0) is 17.8 Å². The van der Waals surface area contributed by atoms with E-state index in [2.05, 4.69) is 62.0 Å². The van der Waals surface area contributed by atoms with Crippen LogP contribution >= 0.6 is 0 Å². The van der Waals surface area contributed by atoms with Crippen molar-refractivity contribution in [3.05, 3.63) is 107 Å². The van der Waals surface area contributed by atoms with E-state index in [0.717, 1.165) is 65.0 Å². The number of hydrogen-bond acceptors (Lipinski definition) is 6. The first-order chi connectivity index (χ1) is 22.1.